The smallest absolute Gasteiger partial charge is 0.333 e. The summed E-state index contributed by atoms with van der Waals surface area (Å²) in [7, 11) is 0. The molecule has 33 heavy (non-hydrogen) atoms. The Morgan fingerprint density at radius 2 is 1.97 bits per heavy atom. The lowest BCUT2D eigenvalue weighted by Gasteiger charge is -2.39. The van der Waals surface area contributed by atoms with Gasteiger partial charge in [-0.2, -0.15) is 13.9 Å². The van der Waals surface area contributed by atoms with Crippen molar-refractivity contribution in [2.24, 2.45) is 0 Å². The number of rotatable bonds is 5. The molecule has 0 unspecified atom stereocenters. The maximum Gasteiger partial charge on any atom is 0.333 e. The predicted molar refractivity (Wildman–Crippen MR) is 120 cm³/mol. The average molecular weight is 480 g/mol. The molecule has 0 bridgehead atoms. The molecule has 0 aliphatic carbocycles. The van der Waals surface area contributed by atoms with Crippen molar-refractivity contribution in [2.45, 2.75) is 25.6 Å². The minimum Gasteiger partial charge on any atom is -0.389 e. The first-order chi connectivity index (χ1) is 15.9. The Hall–Kier alpha value is -2.60. The van der Waals surface area contributed by atoms with Crippen LogP contribution in [0.25, 0.3) is 10.9 Å². The molecule has 176 valence electrons. The van der Waals surface area contributed by atoms with Gasteiger partial charge in [0.25, 0.3) is 0 Å². The van der Waals surface area contributed by atoms with Gasteiger partial charge in [-0.05, 0) is 19.1 Å². The Kier molecular flexibility index (Phi) is 6.04. The largest absolute Gasteiger partial charge is 0.389 e. The van der Waals surface area contributed by atoms with Gasteiger partial charge in [0.2, 0.25) is 5.95 Å². The van der Waals surface area contributed by atoms with Crippen molar-refractivity contribution in [1.29, 1.82) is 0 Å². The van der Waals surface area contributed by atoms with Gasteiger partial charge in [0.05, 0.1) is 59.2 Å². The third kappa shape index (κ3) is 4.33. The summed E-state index contributed by atoms with van der Waals surface area (Å²) in [6.45, 7) is 2.89. The number of nitrogens with one attached hydrogen (secondary N) is 1. The van der Waals surface area contributed by atoms with Gasteiger partial charge in [-0.1, -0.05) is 11.6 Å². The first kappa shape index (κ1) is 22.2. The van der Waals surface area contributed by atoms with E-state index in [4.69, 9.17) is 16.3 Å². The molecule has 12 heteroatoms. The van der Waals surface area contributed by atoms with E-state index >= 15 is 0 Å². The summed E-state index contributed by atoms with van der Waals surface area (Å²) in [6, 6.07) is 3.79. The maximum atomic E-state index is 13.0. The zero-order valence-electron chi connectivity index (χ0n) is 18.0. The molecule has 9 nitrogen and oxygen atoms in total. The van der Waals surface area contributed by atoms with E-state index in [0.717, 1.165) is 37.3 Å². The molecule has 2 N–H and O–H groups in total. The number of ether oxygens (including phenoxy) is 1. The molecule has 4 heterocycles. The number of piperazine rings is 1. The molecule has 0 saturated carbocycles. The predicted octanol–water partition coefficient (Wildman–Crippen LogP) is 2.81. The first-order valence-corrected chi connectivity index (χ1v) is 11.1. The van der Waals surface area contributed by atoms with Crippen LogP contribution in [-0.2, 0) is 4.74 Å². The monoisotopic (exact) mass is 479 g/mol. The standard InChI is InChI=1S/C21H24ClF2N7O2/c1-12-16(9-26-31(12)20(23)24)28-21-25-8-13-6-14(22)17(7-15(13)27-21)29-2-4-30(5-3-29)18-10-33-11-19(18)32/h6-9,18-20,32H,2-5,10-11H2,1H3,(H,25,27,28)/t18-,19+/m1/s1. The van der Waals surface area contributed by atoms with E-state index < -0.39 is 12.7 Å². The summed E-state index contributed by atoms with van der Waals surface area (Å²) in [5.74, 6) is 0.285. The van der Waals surface area contributed by atoms with Gasteiger partial charge in [-0.25, -0.2) is 14.6 Å². The van der Waals surface area contributed by atoms with Crippen LogP contribution in [0.1, 0.15) is 12.2 Å². The third-order valence-corrected chi connectivity index (χ3v) is 6.57. The van der Waals surface area contributed by atoms with E-state index in [1.165, 1.54) is 6.20 Å². The number of aromatic nitrogens is 4. The average Bonchev–Trinajstić information content (AvgIpc) is 3.39. The summed E-state index contributed by atoms with van der Waals surface area (Å²) >= 11 is 6.58. The molecule has 2 aromatic heterocycles. The lowest BCUT2D eigenvalue weighted by atomic mass is 10.1. The fourth-order valence-corrected chi connectivity index (χ4v) is 4.67. The van der Waals surface area contributed by atoms with E-state index in [1.54, 1.807) is 13.1 Å². The van der Waals surface area contributed by atoms with Crippen molar-refractivity contribution in [3.05, 3.63) is 35.2 Å². The number of benzene rings is 1. The molecule has 3 aromatic rings. The Bertz CT molecular complexity index is 1150. The van der Waals surface area contributed by atoms with E-state index in [1.807, 2.05) is 12.1 Å². The number of fused-ring (bicyclic) bond motifs is 1. The van der Waals surface area contributed by atoms with Crippen molar-refractivity contribution in [2.75, 3.05) is 49.6 Å². The Morgan fingerprint density at radius 3 is 2.64 bits per heavy atom. The number of hydrogen-bond donors (Lipinski definition) is 2. The Balaban J connectivity index is 1.34. The van der Waals surface area contributed by atoms with E-state index in [2.05, 4.69) is 30.2 Å². The number of nitrogens with zero attached hydrogens (tertiary/aromatic N) is 6. The van der Waals surface area contributed by atoms with Crippen LogP contribution in [0.3, 0.4) is 0 Å². The quantitative estimate of drug-likeness (QED) is 0.577. The van der Waals surface area contributed by atoms with Crippen molar-refractivity contribution in [3.8, 4) is 0 Å². The topological polar surface area (TPSA) is 91.6 Å². The molecule has 0 radical (unpaired) electrons. The van der Waals surface area contributed by atoms with Crippen molar-refractivity contribution < 1.29 is 18.6 Å². The highest BCUT2D eigenvalue weighted by molar-refractivity contribution is 6.34. The van der Waals surface area contributed by atoms with Crippen molar-refractivity contribution in [3.63, 3.8) is 0 Å². The van der Waals surface area contributed by atoms with Gasteiger partial charge in [0, 0.05) is 37.8 Å². The van der Waals surface area contributed by atoms with Gasteiger partial charge >= 0.3 is 6.55 Å². The fourth-order valence-electron chi connectivity index (χ4n) is 4.38. The van der Waals surface area contributed by atoms with Crippen LogP contribution < -0.4 is 10.2 Å². The summed E-state index contributed by atoms with van der Waals surface area (Å²) < 4.78 is 32.0. The number of aliphatic hydroxyl groups is 1. The normalized spacial score (nSPS) is 21.9. The maximum absolute atomic E-state index is 13.0. The third-order valence-electron chi connectivity index (χ3n) is 6.27. The van der Waals surface area contributed by atoms with Crippen molar-refractivity contribution >= 4 is 39.8 Å². The molecular formula is C21H24ClF2N7O2. The molecule has 1 aromatic carbocycles. The molecule has 2 atom stereocenters. The van der Waals surface area contributed by atoms with Crippen LogP contribution in [0.4, 0.5) is 26.1 Å². The zero-order chi connectivity index (χ0) is 23.1. The Labute approximate surface area is 193 Å². The highest BCUT2D eigenvalue weighted by Gasteiger charge is 2.33. The second-order valence-corrected chi connectivity index (χ2v) is 8.65. The number of anilines is 3. The second-order valence-electron chi connectivity index (χ2n) is 8.24. The molecule has 0 spiro atoms. The van der Waals surface area contributed by atoms with E-state index in [-0.39, 0.29) is 12.0 Å². The first-order valence-electron chi connectivity index (χ1n) is 10.7. The molecule has 2 aliphatic rings. The van der Waals surface area contributed by atoms with Gasteiger partial charge < -0.3 is 20.1 Å². The lowest BCUT2D eigenvalue weighted by Crippen LogP contribution is -2.53. The minimum atomic E-state index is -2.72. The van der Waals surface area contributed by atoms with Gasteiger partial charge in [0.1, 0.15) is 0 Å². The minimum absolute atomic E-state index is 0.0403. The van der Waals surface area contributed by atoms with E-state index in [9.17, 15) is 13.9 Å². The SMILES string of the molecule is Cc1c(Nc2ncc3cc(Cl)c(N4CCN([C@@H]5COC[C@@H]5O)CC4)cc3n2)cnn1C(F)F. The number of hydrogen-bond acceptors (Lipinski definition) is 8. The van der Waals surface area contributed by atoms with Gasteiger partial charge in [-0.15, -0.1) is 0 Å². The van der Waals surface area contributed by atoms with Gasteiger partial charge in [0.15, 0.2) is 0 Å². The van der Waals surface area contributed by atoms with Crippen LogP contribution in [0.15, 0.2) is 24.5 Å². The summed E-state index contributed by atoms with van der Waals surface area (Å²) in [5, 5.41) is 18.2. The fraction of sp³-hybridized carbons (Fsp3) is 0.476. The van der Waals surface area contributed by atoms with Crippen LogP contribution in [-0.4, -0.2) is 81.3 Å². The van der Waals surface area contributed by atoms with Crippen LogP contribution >= 0.6 is 11.6 Å². The van der Waals surface area contributed by atoms with Crippen LogP contribution in [0.2, 0.25) is 5.02 Å². The van der Waals surface area contributed by atoms with E-state index in [0.29, 0.717) is 39.8 Å². The lowest BCUT2D eigenvalue weighted by molar-refractivity contribution is 0.0545. The Morgan fingerprint density at radius 1 is 1.18 bits per heavy atom. The van der Waals surface area contributed by atoms with Crippen LogP contribution in [0, 0.1) is 6.92 Å². The number of halogens is 3. The molecule has 0 amide bonds. The molecule has 5 rings (SSSR count). The molecular weight excluding hydrogens is 456 g/mol. The molecule has 2 saturated heterocycles. The molecule has 2 aliphatic heterocycles. The summed E-state index contributed by atoms with van der Waals surface area (Å²) in [4.78, 5) is 13.3. The number of aliphatic hydroxyl groups excluding tert-OH is 1. The molecule has 2 fully saturated rings. The highest BCUT2D eigenvalue weighted by atomic mass is 35.5. The zero-order valence-corrected chi connectivity index (χ0v) is 18.7. The second kappa shape index (κ2) is 8.98. The van der Waals surface area contributed by atoms with Crippen LogP contribution in [0.5, 0.6) is 0 Å². The highest BCUT2D eigenvalue weighted by Crippen LogP contribution is 2.32. The van der Waals surface area contributed by atoms with Crippen molar-refractivity contribution in [1.82, 2.24) is 24.6 Å². The van der Waals surface area contributed by atoms with Gasteiger partial charge in [-0.3, -0.25) is 4.90 Å². The summed E-state index contributed by atoms with van der Waals surface area (Å²) in [6.07, 6.45) is 2.53. The summed E-state index contributed by atoms with van der Waals surface area (Å²) in [5.41, 5.74) is 2.27. The number of alkyl halides is 2.